The van der Waals surface area contributed by atoms with E-state index < -0.39 is 21.2 Å². The van der Waals surface area contributed by atoms with Gasteiger partial charge in [-0.05, 0) is 29.7 Å². The van der Waals surface area contributed by atoms with Crippen LogP contribution < -0.4 is 0 Å². The molecule has 2 rings (SSSR count). The first kappa shape index (κ1) is 15.9. The van der Waals surface area contributed by atoms with Crippen LogP contribution in [0.25, 0.3) is 0 Å². The molecule has 1 N–H and O–H groups in total. The molecule has 0 bridgehead atoms. The third kappa shape index (κ3) is 3.07. The van der Waals surface area contributed by atoms with Crippen LogP contribution in [-0.4, -0.2) is 51.2 Å². The molecular formula is C12H20N4O4S. The third-order valence-electron chi connectivity index (χ3n) is 4.42. The van der Waals surface area contributed by atoms with Crippen LogP contribution in [0.4, 0.5) is 0 Å². The molecule has 8 nitrogen and oxygen atoms in total. The second-order valence-corrected chi connectivity index (χ2v) is 7.82. The van der Waals surface area contributed by atoms with Gasteiger partial charge in [-0.2, -0.15) is 0 Å². The average Bonchev–Trinajstić information content (AvgIpc) is 3.01. The molecule has 1 aromatic heterocycles. The van der Waals surface area contributed by atoms with E-state index in [0.717, 1.165) is 0 Å². The van der Waals surface area contributed by atoms with Crippen LogP contribution in [0.1, 0.15) is 44.9 Å². The lowest BCUT2D eigenvalue weighted by molar-refractivity contribution is -0.150. The summed E-state index contributed by atoms with van der Waals surface area (Å²) >= 11 is 0. The molecule has 9 heteroatoms. The number of carboxylic acid groups (broad SMARTS) is 1. The predicted octanol–water partition coefficient (Wildman–Crippen LogP) is 0.466. The standard InChI is InChI=1S/C12H20N4O4S/c1-3-12(4-2,11(17)18)8-16-10(13-14-15-16)9-5-6-21(19,20)7-9/h9H,3-8H2,1-2H3,(H,17,18). The summed E-state index contributed by atoms with van der Waals surface area (Å²) in [7, 11) is -3.03. The minimum atomic E-state index is -3.03. The van der Waals surface area contributed by atoms with Crippen molar-refractivity contribution in [2.24, 2.45) is 5.41 Å². The summed E-state index contributed by atoms with van der Waals surface area (Å²) in [6, 6.07) is 0. The SMILES string of the molecule is CCC(CC)(Cn1nnnc1C1CCS(=O)(=O)C1)C(=O)O. The van der Waals surface area contributed by atoms with Crippen molar-refractivity contribution in [2.45, 2.75) is 45.6 Å². The van der Waals surface area contributed by atoms with Crippen LogP contribution in [0.15, 0.2) is 0 Å². The zero-order chi connectivity index (χ0) is 15.7. The van der Waals surface area contributed by atoms with E-state index in [1.807, 2.05) is 13.8 Å². The van der Waals surface area contributed by atoms with E-state index in [1.54, 1.807) is 0 Å². The van der Waals surface area contributed by atoms with Crippen molar-refractivity contribution in [1.82, 2.24) is 20.2 Å². The third-order valence-corrected chi connectivity index (χ3v) is 6.18. The number of tetrazole rings is 1. The first-order valence-electron chi connectivity index (χ1n) is 7.03. The van der Waals surface area contributed by atoms with Crippen molar-refractivity contribution in [3.8, 4) is 0 Å². The molecule has 1 unspecified atom stereocenters. The van der Waals surface area contributed by atoms with Crippen LogP contribution in [0.5, 0.6) is 0 Å². The van der Waals surface area contributed by atoms with Crippen molar-refractivity contribution < 1.29 is 18.3 Å². The quantitative estimate of drug-likeness (QED) is 0.810. The van der Waals surface area contributed by atoms with Crippen molar-refractivity contribution in [3.63, 3.8) is 0 Å². The fourth-order valence-corrected chi connectivity index (χ4v) is 4.48. The van der Waals surface area contributed by atoms with Crippen LogP contribution >= 0.6 is 0 Å². The Morgan fingerprint density at radius 2 is 2.10 bits per heavy atom. The minimum absolute atomic E-state index is 0.0334. The Balaban J connectivity index is 2.27. The summed E-state index contributed by atoms with van der Waals surface area (Å²) in [5.41, 5.74) is -0.929. The van der Waals surface area contributed by atoms with E-state index in [4.69, 9.17) is 0 Å². The molecule has 1 atom stereocenters. The number of sulfone groups is 1. The molecule has 0 aliphatic carbocycles. The molecule has 0 aromatic carbocycles. The smallest absolute Gasteiger partial charge is 0.311 e. The minimum Gasteiger partial charge on any atom is -0.481 e. The molecule has 1 aliphatic heterocycles. The lowest BCUT2D eigenvalue weighted by atomic mass is 9.82. The molecule has 1 saturated heterocycles. The summed E-state index contributed by atoms with van der Waals surface area (Å²) < 4.78 is 24.6. The van der Waals surface area contributed by atoms with Gasteiger partial charge in [0.1, 0.15) is 0 Å². The van der Waals surface area contributed by atoms with Gasteiger partial charge in [0.15, 0.2) is 15.7 Å². The molecule has 1 aliphatic rings. The van der Waals surface area contributed by atoms with E-state index >= 15 is 0 Å². The zero-order valence-corrected chi connectivity index (χ0v) is 13.0. The predicted molar refractivity (Wildman–Crippen MR) is 74.5 cm³/mol. The van der Waals surface area contributed by atoms with Gasteiger partial charge in [0, 0.05) is 5.92 Å². The fourth-order valence-electron chi connectivity index (χ4n) is 2.75. The first-order chi connectivity index (χ1) is 9.83. The van der Waals surface area contributed by atoms with Crippen molar-refractivity contribution in [3.05, 3.63) is 5.82 Å². The Kier molecular flexibility index (Phi) is 4.31. The molecule has 21 heavy (non-hydrogen) atoms. The monoisotopic (exact) mass is 316 g/mol. The van der Waals surface area contributed by atoms with Gasteiger partial charge >= 0.3 is 5.97 Å². The Morgan fingerprint density at radius 3 is 2.57 bits per heavy atom. The van der Waals surface area contributed by atoms with Crippen LogP contribution in [-0.2, 0) is 21.2 Å². The molecule has 0 saturated carbocycles. The number of nitrogens with zero attached hydrogens (tertiary/aromatic N) is 4. The fraction of sp³-hybridized carbons (Fsp3) is 0.833. The van der Waals surface area contributed by atoms with E-state index in [9.17, 15) is 18.3 Å². The lowest BCUT2D eigenvalue weighted by Gasteiger charge is -2.26. The van der Waals surface area contributed by atoms with Gasteiger partial charge in [0.2, 0.25) is 0 Å². The molecule has 0 spiro atoms. The van der Waals surface area contributed by atoms with Gasteiger partial charge in [0.25, 0.3) is 0 Å². The molecule has 1 fully saturated rings. The van der Waals surface area contributed by atoms with E-state index in [0.29, 0.717) is 25.1 Å². The van der Waals surface area contributed by atoms with Crippen LogP contribution in [0.3, 0.4) is 0 Å². The van der Waals surface area contributed by atoms with Gasteiger partial charge in [-0.3, -0.25) is 4.79 Å². The average molecular weight is 316 g/mol. The Hall–Kier alpha value is -1.51. The normalized spacial score (nSPS) is 21.5. The highest BCUT2D eigenvalue weighted by Gasteiger charge is 2.39. The van der Waals surface area contributed by atoms with Crippen LogP contribution in [0, 0.1) is 5.41 Å². The summed E-state index contributed by atoms with van der Waals surface area (Å²) in [5.74, 6) is -0.483. The number of hydrogen-bond acceptors (Lipinski definition) is 6. The molecule has 1 aromatic rings. The zero-order valence-electron chi connectivity index (χ0n) is 12.2. The van der Waals surface area contributed by atoms with Gasteiger partial charge < -0.3 is 5.11 Å². The van der Waals surface area contributed by atoms with Crippen molar-refractivity contribution in [1.29, 1.82) is 0 Å². The Morgan fingerprint density at radius 1 is 1.43 bits per heavy atom. The topological polar surface area (TPSA) is 115 Å². The van der Waals surface area contributed by atoms with Gasteiger partial charge in [-0.25, -0.2) is 13.1 Å². The molecular weight excluding hydrogens is 296 g/mol. The highest BCUT2D eigenvalue weighted by molar-refractivity contribution is 7.91. The van der Waals surface area contributed by atoms with Gasteiger partial charge in [-0.1, -0.05) is 13.8 Å². The number of aromatic nitrogens is 4. The van der Waals surface area contributed by atoms with Crippen molar-refractivity contribution in [2.75, 3.05) is 11.5 Å². The summed E-state index contributed by atoms with van der Waals surface area (Å²) in [6.07, 6.45) is 1.41. The highest BCUT2D eigenvalue weighted by Crippen LogP contribution is 2.32. The van der Waals surface area contributed by atoms with Gasteiger partial charge in [0.05, 0.1) is 23.5 Å². The van der Waals surface area contributed by atoms with Crippen LogP contribution in [0.2, 0.25) is 0 Å². The second kappa shape index (κ2) is 5.70. The molecule has 118 valence electrons. The Labute approximate surface area is 123 Å². The first-order valence-corrected chi connectivity index (χ1v) is 8.85. The largest absolute Gasteiger partial charge is 0.481 e. The molecule has 0 amide bonds. The maximum absolute atomic E-state index is 11.6. The van der Waals surface area contributed by atoms with Gasteiger partial charge in [-0.15, -0.1) is 5.10 Å². The second-order valence-electron chi connectivity index (χ2n) is 5.59. The Bertz CT molecular complexity index is 621. The number of carboxylic acids is 1. The highest BCUT2D eigenvalue weighted by atomic mass is 32.2. The number of carbonyl (C=O) groups is 1. The summed E-state index contributed by atoms with van der Waals surface area (Å²) in [4.78, 5) is 11.6. The summed E-state index contributed by atoms with van der Waals surface area (Å²) in [6.45, 7) is 3.80. The maximum Gasteiger partial charge on any atom is 0.311 e. The number of hydrogen-bond donors (Lipinski definition) is 1. The lowest BCUT2D eigenvalue weighted by Crippen LogP contribution is -2.35. The maximum atomic E-state index is 11.6. The number of aliphatic carboxylic acids is 1. The molecule has 2 heterocycles. The summed E-state index contributed by atoms with van der Waals surface area (Å²) in [5, 5.41) is 20.9. The molecule has 0 radical (unpaired) electrons. The number of rotatable bonds is 6. The van der Waals surface area contributed by atoms with E-state index in [-0.39, 0.29) is 24.0 Å². The van der Waals surface area contributed by atoms with Crippen molar-refractivity contribution >= 4 is 15.8 Å². The van der Waals surface area contributed by atoms with E-state index in [2.05, 4.69) is 15.5 Å². The van der Waals surface area contributed by atoms with E-state index in [1.165, 1.54) is 4.68 Å².